The van der Waals surface area contributed by atoms with Crippen molar-refractivity contribution in [1.29, 1.82) is 0 Å². The molecule has 0 aliphatic rings. The molecular formula is C27H24ClN3O6S. The molecule has 0 saturated heterocycles. The second kappa shape index (κ2) is 11.8. The van der Waals surface area contributed by atoms with Gasteiger partial charge in [-0.2, -0.15) is 0 Å². The number of rotatable bonds is 8. The lowest BCUT2D eigenvalue weighted by Gasteiger charge is -2.15. The molecule has 0 bridgehead atoms. The second-order valence-corrected chi connectivity index (χ2v) is 8.57. The van der Waals surface area contributed by atoms with E-state index in [-0.39, 0.29) is 5.11 Å². The van der Waals surface area contributed by atoms with E-state index in [4.69, 9.17) is 47.5 Å². The zero-order chi connectivity index (χ0) is 27.2. The number of nitrogens with one attached hydrogen (secondary N) is 2. The molecule has 0 aliphatic carbocycles. The number of aromatic nitrogens is 1. The predicted octanol–water partition coefficient (Wildman–Crippen LogP) is 5.84. The number of hydrogen-bond acceptors (Lipinski definition) is 8. The number of thiocarbonyl (C=S) groups is 1. The summed E-state index contributed by atoms with van der Waals surface area (Å²) < 4.78 is 27.3. The van der Waals surface area contributed by atoms with Crippen LogP contribution in [0.4, 0.5) is 5.69 Å². The monoisotopic (exact) mass is 553 g/mol. The first kappa shape index (κ1) is 26.8. The summed E-state index contributed by atoms with van der Waals surface area (Å²) in [5.41, 5.74) is 1.46. The normalized spacial score (nSPS) is 10.4. The molecule has 4 rings (SSSR count). The zero-order valence-corrected chi connectivity index (χ0v) is 22.5. The van der Waals surface area contributed by atoms with Gasteiger partial charge in [-0.15, -0.1) is 0 Å². The van der Waals surface area contributed by atoms with Crippen LogP contribution in [-0.2, 0) is 0 Å². The van der Waals surface area contributed by atoms with Crippen molar-refractivity contribution in [3.63, 3.8) is 0 Å². The average molecular weight is 554 g/mol. The maximum Gasteiger partial charge on any atom is 0.261 e. The molecule has 11 heteroatoms. The molecule has 196 valence electrons. The molecular weight excluding hydrogens is 530 g/mol. The summed E-state index contributed by atoms with van der Waals surface area (Å²) >= 11 is 11.8. The maximum atomic E-state index is 12.7. The fraction of sp³-hybridized carbons (Fsp3) is 0.148. The van der Waals surface area contributed by atoms with Gasteiger partial charge in [0, 0.05) is 29.8 Å². The van der Waals surface area contributed by atoms with E-state index in [0.29, 0.717) is 56.3 Å². The minimum absolute atomic E-state index is 0.0598. The van der Waals surface area contributed by atoms with Gasteiger partial charge in [-0.1, -0.05) is 11.6 Å². The van der Waals surface area contributed by atoms with Gasteiger partial charge < -0.3 is 29.0 Å². The minimum atomic E-state index is -0.449. The van der Waals surface area contributed by atoms with Crippen molar-refractivity contribution in [1.82, 2.24) is 10.3 Å². The molecule has 3 aromatic carbocycles. The Labute approximate surface area is 229 Å². The molecule has 2 N–H and O–H groups in total. The first-order valence-electron chi connectivity index (χ1n) is 11.2. The van der Waals surface area contributed by atoms with E-state index < -0.39 is 5.91 Å². The SMILES string of the molecule is COc1ccc(C(=O)NC(=S)Nc2ccc(Oc3ccnc4cc(OC)c(OC)cc34)cc2Cl)c(OC)c1. The number of fused-ring (bicyclic) bond motifs is 1. The summed E-state index contributed by atoms with van der Waals surface area (Å²) in [5, 5.41) is 6.68. The highest BCUT2D eigenvalue weighted by Gasteiger charge is 2.16. The summed E-state index contributed by atoms with van der Waals surface area (Å²) in [6.45, 7) is 0. The number of pyridine rings is 1. The molecule has 0 radical (unpaired) electrons. The fourth-order valence-electron chi connectivity index (χ4n) is 3.63. The van der Waals surface area contributed by atoms with E-state index in [1.807, 2.05) is 0 Å². The fourth-order valence-corrected chi connectivity index (χ4v) is 4.05. The Morgan fingerprint density at radius 3 is 2.21 bits per heavy atom. The summed E-state index contributed by atoms with van der Waals surface area (Å²) in [4.78, 5) is 17.1. The first-order valence-corrected chi connectivity index (χ1v) is 12.0. The van der Waals surface area contributed by atoms with E-state index >= 15 is 0 Å². The number of hydrogen-bond donors (Lipinski definition) is 2. The number of halogens is 1. The molecule has 0 fully saturated rings. The molecule has 0 spiro atoms. The van der Waals surface area contributed by atoms with Gasteiger partial charge >= 0.3 is 0 Å². The third-order valence-corrected chi connectivity index (χ3v) is 6.02. The lowest BCUT2D eigenvalue weighted by molar-refractivity contribution is 0.0974. The van der Waals surface area contributed by atoms with Crippen LogP contribution in [0.15, 0.2) is 60.8 Å². The highest BCUT2D eigenvalue weighted by molar-refractivity contribution is 7.80. The van der Waals surface area contributed by atoms with Crippen molar-refractivity contribution >= 4 is 51.4 Å². The van der Waals surface area contributed by atoms with E-state index in [9.17, 15) is 4.79 Å². The standard InChI is InChI=1S/C27H24ClN3O6S/c1-33-15-5-7-17(23(12-15)34-2)26(32)31-27(38)30-20-8-6-16(11-19(20)28)37-22-9-10-29-21-14-25(36-4)24(35-3)13-18(21)22/h5-14H,1-4H3,(H2,30,31,32,38). The molecule has 38 heavy (non-hydrogen) atoms. The molecule has 1 heterocycles. The van der Waals surface area contributed by atoms with Gasteiger partial charge in [0.1, 0.15) is 23.0 Å². The number of ether oxygens (including phenoxy) is 5. The average Bonchev–Trinajstić information content (AvgIpc) is 2.93. The Balaban J connectivity index is 1.48. The summed E-state index contributed by atoms with van der Waals surface area (Å²) in [6, 6.07) is 15.2. The van der Waals surface area contributed by atoms with E-state index in [1.165, 1.54) is 14.2 Å². The van der Waals surface area contributed by atoms with E-state index in [1.54, 1.807) is 75.0 Å². The van der Waals surface area contributed by atoms with Gasteiger partial charge in [0.2, 0.25) is 0 Å². The third-order valence-electron chi connectivity index (χ3n) is 5.50. The van der Waals surface area contributed by atoms with Gasteiger partial charge in [-0.3, -0.25) is 15.1 Å². The Hall–Kier alpha value is -4.28. The van der Waals surface area contributed by atoms with Crippen LogP contribution in [0.5, 0.6) is 34.5 Å². The van der Waals surface area contributed by atoms with Crippen molar-refractivity contribution in [2.45, 2.75) is 0 Å². The highest BCUT2D eigenvalue weighted by atomic mass is 35.5. The maximum absolute atomic E-state index is 12.7. The number of amides is 1. The number of nitrogens with zero attached hydrogens (tertiary/aromatic N) is 1. The van der Waals surface area contributed by atoms with Crippen LogP contribution in [0.3, 0.4) is 0 Å². The molecule has 9 nitrogen and oxygen atoms in total. The van der Waals surface area contributed by atoms with Crippen LogP contribution >= 0.6 is 23.8 Å². The summed E-state index contributed by atoms with van der Waals surface area (Å²) in [5.74, 6) is 2.63. The van der Waals surface area contributed by atoms with Crippen molar-refractivity contribution in [3.05, 3.63) is 71.4 Å². The smallest absolute Gasteiger partial charge is 0.261 e. The van der Waals surface area contributed by atoms with Gasteiger partial charge in [0.05, 0.1) is 50.2 Å². The van der Waals surface area contributed by atoms with Crippen LogP contribution in [0, 0.1) is 0 Å². The van der Waals surface area contributed by atoms with Crippen molar-refractivity contribution < 1.29 is 28.5 Å². The molecule has 0 aliphatic heterocycles. The predicted molar refractivity (Wildman–Crippen MR) is 150 cm³/mol. The van der Waals surface area contributed by atoms with Gasteiger partial charge in [0.15, 0.2) is 16.6 Å². The topological polar surface area (TPSA) is 100 Å². The first-order chi connectivity index (χ1) is 18.4. The summed E-state index contributed by atoms with van der Waals surface area (Å²) in [7, 11) is 6.12. The molecule has 0 unspecified atom stereocenters. The Morgan fingerprint density at radius 2 is 1.53 bits per heavy atom. The zero-order valence-electron chi connectivity index (χ0n) is 21.0. The molecule has 1 amide bonds. The van der Waals surface area contributed by atoms with Crippen LogP contribution in [0.25, 0.3) is 10.9 Å². The number of carbonyl (C=O) groups excluding carboxylic acids is 1. The number of benzene rings is 3. The van der Waals surface area contributed by atoms with Gasteiger partial charge in [-0.25, -0.2) is 0 Å². The third kappa shape index (κ3) is 5.82. The van der Waals surface area contributed by atoms with Crippen LogP contribution in [-0.4, -0.2) is 44.4 Å². The quantitative estimate of drug-likeness (QED) is 0.260. The van der Waals surface area contributed by atoms with Crippen molar-refractivity contribution in [2.75, 3.05) is 33.8 Å². The minimum Gasteiger partial charge on any atom is -0.497 e. The molecule has 0 atom stereocenters. The Bertz CT molecular complexity index is 1510. The highest BCUT2D eigenvalue weighted by Crippen LogP contribution is 2.38. The second-order valence-electron chi connectivity index (χ2n) is 7.75. The van der Waals surface area contributed by atoms with Gasteiger partial charge in [-0.05, 0) is 48.6 Å². The van der Waals surface area contributed by atoms with Crippen LogP contribution < -0.4 is 34.3 Å². The lowest BCUT2D eigenvalue weighted by atomic mass is 10.1. The largest absolute Gasteiger partial charge is 0.497 e. The Morgan fingerprint density at radius 1 is 0.816 bits per heavy atom. The number of carbonyl (C=O) groups is 1. The number of methoxy groups -OCH3 is 4. The van der Waals surface area contributed by atoms with Crippen molar-refractivity contribution in [2.24, 2.45) is 0 Å². The van der Waals surface area contributed by atoms with E-state index in [2.05, 4.69) is 15.6 Å². The van der Waals surface area contributed by atoms with Crippen LogP contribution in [0.2, 0.25) is 5.02 Å². The Kier molecular flexibility index (Phi) is 8.35. The number of anilines is 1. The van der Waals surface area contributed by atoms with Gasteiger partial charge in [0.25, 0.3) is 5.91 Å². The van der Waals surface area contributed by atoms with Crippen molar-refractivity contribution in [3.8, 4) is 34.5 Å². The van der Waals surface area contributed by atoms with Crippen LogP contribution in [0.1, 0.15) is 10.4 Å². The molecule has 4 aromatic rings. The summed E-state index contributed by atoms with van der Waals surface area (Å²) in [6.07, 6.45) is 1.64. The molecule has 1 aromatic heterocycles. The molecule has 0 saturated carbocycles. The van der Waals surface area contributed by atoms with E-state index in [0.717, 1.165) is 5.39 Å². The lowest BCUT2D eigenvalue weighted by Crippen LogP contribution is -2.34.